The van der Waals surface area contributed by atoms with Crippen molar-refractivity contribution < 1.29 is 14.9 Å². The fourth-order valence-electron chi connectivity index (χ4n) is 2.53. The van der Waals surface area contributed by atoms with Gasteiger partial charge in [-0.25, -0.2) is 4.98 Å². The van der Waals surface area contributed by atoms with Gasteiger partial charge in [-0.2, -0.15) is 0 Å². The molecule has 0 aromatic carbocycles. The monoisotopic (exact) mass is 280 g/mol. The topological polar surface area (TPSA) is 65.8 Å². The molecule has 0 unspecified atom stereocenters. The number of ether oxygens (including phenoxy) is 1. The lowest BCUT2D eigenvalue weighted by Gasteiger charge is -2.36. The third-order valence-corrected chi connectivity index (χ3v) is 3.82. The molecule has 5 nitrogen and oxygen atoms in total. The number of nitrogens with zero attached hydrogens (tertiary/aromatic N) is 2. The standard InChI is InChI=1S/C15H24N2O3/c1-3-13-8-12(10-18)9-14(16-13)17(2)11-15(19)4-6-20-7-5-15/h8-9,18-19H,3-7,10-11H2,1-2H3. The van der Waals surface area contributed by atoms with Gasteiger partial charge in [0, 0.05) is 45.3 Å². The summed E-state index contributed by atoms with van der Waals surface area (Å²) in [6.07, 6.45) is 2.13. The molecule has 0 atom stereocenters. The Hall–Kier alpha value is -1.17. The Kier molecular flexibility index (Phi) is 4.96. The van der Waals surface area contributed by atoms with E-state index in [2.05, 4.69) is 4.98 Å². The molecule has 0 bridgehead atoms. The maximum atomic E-state index is 10.6. The van der Waals surface area contributed by atoms with Crippen LogP contribution in [0.25, 0.3) is 0 Å². The fourth-order valence-corrected chi connectivity index (χ4v) is 2.53. The van der Waals surface area contributed by atoms with E-state index in [-0.39, 0.29) is 6.61 Å². The number of pyridine rings is 1. The second-order valence-corrected chi connectivity index (χ2v) is 5.53. The summed E-state index contributed by atoms with van der Waals surface area (Å²) >= 11 is 0. The van der Waals surface area contributed by atoms with E-state index >= 15 is 0 Å². The normalized spacial score (nSPS) is 18.0. The highest BCUT2D eigenvalue weighted by Gasteiger charge is 2.31. The molecule has 0 aliphatic carbocycles. The van der Waals surface area contributed by atoms with Gasteiger partial charge in [-0.3, -0.25) is 0 Å². The largest absolute Gasteiger partial charge is 0.392 e. The zero-order chi connectivity index (χ0) is 14.6. The van der Waals surface area contributed by atoms with Crippen LogP contribution in [0, 0.1) is 0 Å². The number of hydrogen-bond donors (Lipinski definition) is 2. The molecule has 0 amide bonds. The third kappa shape index (κ3) is 3.69. The van der Waals surface area contributed by atoms with Gasteiger partial charge in [0.15, 0.2) is 0 Å². The minimum atomic E-state index is -0.712. The van der Waals surface area contributed by atoms with E-state index in [4.69, 9.17) is 4.74 Å². The van der Waals surface area contributed by atoms with E-state index < -0.39 is 5.60 Å². The lowest BCUT2D eigenvalue weighted by molar-refractivity contribution is -0.0573. The molecule has 0 radical (unpaired) electrons. The van der Waals surface area contributed by atoms with Crippen LogP contribution >= 0.6 is 0 Å². The summed E-state index contributed by atoms with van der Waals surface area (Å²) in [6.45, 7) is 3.79. The number of aliphatic hydroxyl groups is 2. The van der Waals surface area contributed by atoms with Crippen LogP contribution in [0.1, 0.15) is 31.0 Å². The molecule has 2 heterocycles. The second kappa shape index (κ2) is 6.52. The zero-order valence-electron chi connectivity index (χ0n) is 12.3. The van der Waals surface area contributed by atoms with Crippen molar-refractivity contribution in [3.05, 3.63) is 23.4 Å². The van der Waals surface area contributed by atoms with E-state index in [0.717, 1.165) is 23.5 Å². The van der Waals surface area contributed by atoms with E-state index in [1.807, 2.05) is 31.0 Å². The van der Waals surface area contributed by atoms with Crippen LogP contribution < -0.4 is 4.90 Å². The summed E-state index contributed by atoms with van der Waals surface area (Å²) in [7, 11) is 1.93. The number of likely N-dealkylation sites (N-methyl/N-ethyl adjacent to an activating group) is 1. The molecule has 20 heavy (non-hydrogen) atoms. The molecule has 0 saturated carbocycles. The van der Waals surface area contributed by atoms with Crippen molar-refractivity contribution >= 4 is 5.82 Å². The fraction of sp³-hybridized carbons (Fsp3) is 0.667. The molecule has 1 fully saturated rings. The highest BCUT2D eigenvalue weighted by Crippen LogP contribution is 2.24. The molecule has 112 valence electrons. The lowest BCUT2D eigenvalue weighted by Crippen LogP contribution is -2.46. The number of hydrogen-bond acceptors (Lipinski definition) is 5. The van der Waals surface area contributed by atoms with Crippen molar-refractivity contribution in [3.8, 4) is 0 Å². The van der Waals surface area contributed by atoms with Gasteiger partial charge >= 0.3 is 0 Å². The summed E-state index contributed by atoms with van der Waals surface area (Å²) in [4.78, 5) is 6.53. The molecule has 5 heteroatoms. The Bertz CT molecular complexity index is 422. The van der Waals surface area contributed by atoms with Gasteiger partial charge < -0.3 is 19.8 Å². The molecule has 1 aliphatic heterocycles. The molecule has 2 N–H and O–H groups in total. The maximum absolute atomic E-state index is 10.6. The smallest absolute Gasteiger partial charge is 0.128 e. The van der Waals surface area contributed by atoms with Gasteiger partial charge in [-0.1, -0.05) is 6.92 Å². The number of rotatable bonds is 5. The van der Waals surface area contributed by atoms with Crippen LogP contribution in [0.2, 0.25) is 0 Å². The molecule has 0 spiro atoms. The van der Waals surface area contributed by atoms with E-state index in [0.29, 0.717) is 32.6 Å². The first-order chi connectivity index (χ1) is 9.56. The predicted octanol–water partition coefficient (Wildman–Crippen LogP) is 1.11. The first kappa shape index (κ1) is 15.2. The summed E-state index contributed by atoms with van der Waals surface area (Å²) < 4.78 is 5.30. The molecule has 1 aliphatic rings. The summed E-state index contributed by atoms with van der Waals surface area (Å²) in [5.41, 5.74) is 1.10. The molecule has 1 aromatic rings. The molecular formula is C15H24N2O3. The van der Waals surface area contributed by atoms with Crippen molar-refractivity contribution in [1.29, 1.82) is 0 Å². The number of aliphatic hydroxyl groups excluding tert-OH is 1. The number of anilines is 1. The van der Waals surface area contributed by atoms with Gasteiger partial charge in [0.2, 0.25) is 0 Å². The first-order valence-electron chi connectivity index (χ1n) is 7.18. The van der Waals surface area contributed by atoms with Gasteiger partial charge in [-0.05, 0) is 24.1 Å². The SMILES string of the molecule is CCc1cc(CO)cc(N(C)CC2(O)CCOCC2)n1. The highest BCUT2D eigenvalue weighted by atomic mass is 16.5. The van der Waals surface area contributed by atoms with Crippen molar-refractivity contribution in [2.45, 2.75) is 38.4 Å². The van der Waals surface area contributed by atoms with E-state index in [9.17, 15) is 10.2 Å². The van der Waals surface area contributed by atoms with E-state index in [1.54, 1.807) is 0 Å². The minimum absolute atomic E-state index is 0.00840. The number of aryl methyl sites for hydroxylation is 1. The van der Waals surface area contributed by atoms with Gasteiger partial charge in [0.25, 0.3) is 0 Å². The average Bonchev–Trinajstić information content (AvgIpc) is 2.46. The van der Waals surface area contributed by atoms with Crippen LogP contribution in [0.15, 0.2) is 12.1 Å². The summed E-state index contributed by atoms with van der Waals surface area (Å²) in [5.74, 6) is 0.799. The number of aromatic nitrogens is 1. The molecule has 2 rings (SSSR count). The molecule has 1 saturated heterocycles. The minimum Gasteiger partial charge on any atom is -0.392 e. The Morgan fingerprint density at radius 2 is 2.05 bits per heavy atom. The second-order valence-electron chi connectivity index (χ2n) is 5.53. The Morgan fingerprint density at radius 1 is 1.35 bits per heavy atom. The quantitative estimate of drug-likeness (QED) is 0.846. The van der Waals surface area contributed by atoms with Crippen molar-refractivity contribution in [1.82, 2.24) is 4.98 Å². The summed E-state index contributed by atoms with van der Waals surface area (Å²) in [6, 6.07) is 3.79. The van der Waals surface area contributed by atoms with Crippen LogP contribution in [-0.4, -0.2) is 47.6 Å². The molecular weight excluding hydrogens is 256 g/mol. The summed E-state index contributed by atoms with van der Waals surface area (Å²) in [5, 5.41) is 19.9. The van der Waals surface area contributed by atoms with Crippen molar-refractivity contribution in [2.24, 2.45) is 0 Å². The Labute approximate surface area is 120 Å². The zero-order valence-corrected chi connectivity index (χ0v) is 12.3. The lowest BCUT2D eigenvalue weighted by atomic mass is 9.94. The van der Waals surface area contributed by atoms with Crippen molar-refractivity contribution in [3.63, 3.8) is 0 Å². The Balaban J connectivity index is 2.13. The van der Waals surface area contributed by atoms with E-state index in [1.165, 1.54) is 0 Å². The average molecular weight is 280 g/mol. The predicted molar refractivity (Wildman–Crippen MR) is 77.8 cm³/mol. The maximum Gasteiger partial charge on any atom is 0.128 e. The van der Waals surface area contributed by atoms with Crippen LogP contribution in [0.3, 0.4) is 0 Å². The van der Waals surface area contributed by atoms with Gasteiger partial charge in [0.1, 0.15) is 5.82 Å². The van der Waals surface area contributed by atoms with Crippen LogP contribution in [0.4, 0.5) is 5.82 Å². The van der Waals surface area contributed by atoms with Gasteiger partial charge in [0.05, 0.1) is 12.2 Å². The van der Waals surface area contributed by atoms with Crippen molar-refractivity contribution in [2.75, 3.05) is 31.7 Å². The Morgan fingerprint density at radius 3 is 2.65 bits per heavy atom. The van der Waals surface area contributed by atoms with Crippen LogP contribution in [0.5, 0.6) is 0 Å². The third-order valence-electron chi connectivity index (χ3n) is 3.82. The van der Waals surface area contributed by atoms with Crippen LogP contribution in [-0.2, 0) is 17.8 Å². The first-order valence-corrected chi connectivity index (χ1v) is 7.18. The molecule has 1 aromatic heterocycles. The highest BCUT2D eigenvalue weighted by molar-refractivity contribution is 5.42. The van der Waals surface area contributed by atoms with Gasteiger partial charge in [-0.15, -0.1) is 0 Å².